The van der Waals surface area contributed by atoms with Crippen LogP contribution in [-0.4, -0.2) is 54.2 Å². The Labute approximate surface area is 164 Å². The molecular weight excluding hydrogens is 364 g/mol. The zero-order chi connectivity index (χ0) is 19.2. The highest BCUT2D eigenvalue weighted by molar-refractivity contribution is 7.07. The van der Waals surface area contributed by atoms with Gasteiger partial charge in [0.25, 0.3) is 6.47 Å². The molecule has 2 saturated carbocycles. The fourth-order valence-electron chi connectivity index (χ4n) is 4.42. The predicted molar refractivity (Wildman–Crippen MR) is 105 cm³/mol. The smallest absolute Gasteiger partial charge is 0.290 e. The van der Waals surface area contributed by atoms with E-state index in [0.717, 1.165) is 44.4 Å². The number of carboxylic acid groups (broad SMARTS) is 1. The molecule has 150 valence electrons. The summed E-state index contributed by atoms with van der Waals surface area (Å²) in [5, 5.41) is 14.5. The Hall–Kier alpha value is -1.44. The standard InChI is InChI=1S/C19H28N2O2S.CH2O2/c1-13(22)20-18-6-16-9-21(8-15-4-5-24-12-15)10-17(16)7-19(18)23-11-14-2-3-14;2-1-3/h4-5,12,14,16-19H,2-3,6-11H2,1H3,(H,20,22);1H,(H,2,3)/t16-,17+,18-,19-;/m1./s1. The summed E-state index contributed by atoms with van der Waals surface area (Å²) >= 11 is 1.78. The fraction of sp³-hybridized carbons (Fsp3) is 0.700. The van der Waals surface area contributed by atoms with Gasteiger partial charge in [0.1, 0.15) is 0 Å². The van der Waals surface area contributed by atoms with E-state index in [1.165, 1.54) is 24.9 Å². The van der Waals surface area contributed by atoms with Gasteiger partial charge < -0.3 is 15.2 Å². The van der Waals surface area contributed by atoms with E-state index < -0.39 is 0 Å². The van der Waals surface area contributed by atoms with Gasteiger partial charge in [0, 0.05) is 33.2 Å². The third-order valence-electron chi connectivity index (χ3n) is 5.81. The number of thiophene rings is 1. The fourth-order valence-corrected chi connectivity index (χ4v) is 5.08. The molecule has 4 atom stereocenters. The maximum absolute atomic E-state index is 11.6. The second-order valence-electron chi connectivity index (χ2n) is 8.04. The number of carbonyl (C=O) groups is 2. The molecule has 1 amide bonds. The van der Waals surface area contributed by atoms with Gasteiger partial charge in [0.15, 0.2) is 0 Å². The number of hydrogen-bond acceptors (Lipinski definition) is 5. The highest BCUT2D eigenvalue weighted by atomic mass is 32.1. The number of amides is 1. The van der Waals surface area contributed by atoms with E-state index in [1.807, 2.05) is 0 Å². The van der Waals surface area contributed by atoms with Crippen LogP contribution in [0.3, 0.4) is 0 Å². The van der Waals surface area contributed by atoms with Gasteiger partial charge in [-0.3, -0.25) is 14.5 Å². The van der Waals surface area contributed by atoms with E-state index in [9.17, 15) is 4.79 Å². The largest absolute Gasteiger partial charge is 0.483 e. The van der Waals surface area contributed by atoms with Gasteiger partial charge in [-0.15, -0.1) is 0 Å². The van der Waals surface area contributed by atoms with Crippen molar-refractivity contribution in [2.75, 3.05) is 19.7 Å². The molecule has 1 aliphatic heterocycles. The number of hydrogen-bond donors (Lipinski definition) is 2. The Balaban J connectivity index is 0.000000659. The van der Waals surface area contributed by atoms with Crippen LogP contribution in [0.25, 0.3) is 0 Å². The van der Waals surface area contributed by atoms with Crippen molar-refractivity contribution >= 4 is 23.7 Å². The second-order valence-corrected chi connectivity index (χ2v) is 8.82. The topological polar surface area (TPSA) is 78.9 Å². The first kappa shape index (κ1) is 20.3. The number of nitrogens with one attached hydrogen (secondary N) is 1. The third kappa shape index (κ3) is 6.02. The molecule has 0 radical (unpaired) electrons. The average Bonchev–Trinajstić information content (AvgIpc) is 3.15. The summed E-state index contributed by atoms with van der Waals surface area (Å²) in [5.41, 5.74) is 1.43. The van der Waals surface area contributed by atoms with Crippen LogP contribution in [0.4, 0.5) is 0 Å². The van der Waals surface area contributed by atoms with Crippen LogP contribution in [0.2, 0.25) is 0 Å². The number of fused-ring (bicyclic) bond motifs is 1. The Bertz CT molecular complexity index is 605. The van der Waals surface area contributed by atoms with Gasteiger partial charge in [-0.1, -0.05) is 0 Å². The van der Waals surface area contributed by atoms with Crippen molar-refractivity contribution in [3.63, 3.8) is 0 Å². The molecule has 27 heavy (non-hydrogen) atoms. The molecule has 1 aromatic rings. The van der Waals surface area contributed by atoms with E-state index in [2.05, 4.69) is 27.0 Å². The van der Waals surface area contributed by atoms with Crippen molar-refractivity contribution < 1.29 is 19.4 Å². The van der Waals surface area contributed by atoms with Crippen LogP contribution in [0, 0.1) is 17.8 Å². The van der Waals surface area contributed by atoms with Gasteiger partial charge in [-0.05, 0) is 65.8 Å². The SMILES string of the molecule is CC(=O)N[C@@H]1C[C@@H]2CN(Cc3ccsc3)C[C@@H]2C[C@H]1OCC1CC1.O=CO. The van der Waals surface area contributed by atoms with Gasteiger partial charge >= 0.3 is 0 Å². The van der Waals surface area contributed by atoms with Crippen molar-refractivity contribution in [1.82, 2.24) is 10.2 Å². The molecule has 0 spiro atoms. The van der Waals surface area contributed by atoms with Gasteiger partial charge in [0.2, 0.25) is 5.91 Å². The van der Waals surface area contributed by atoms with E-state index in [1.54, 1.807) is 18.3 Å². The Morgan fingerprint density at radius 2 is 2.07 bits per heavy atom. The minimum atomic E-state index is -0.250. The Morgan fingerprint density at radius 1 is 1.37 bits per heavy atom. The number of ether oxygens (including phenoxy) is 1. The van der Waals surface area contributed by atoms with Gasteiger partial charge in [0.05, 0.1) is 12.1 Å². The van der Waals surface area contributed by atoms with Crippen LogP contribution < -0.4 is 5.32 Å². The van der Waals surface area contributed by atoms with Crippen LogP contribution in [0.5, 0.6) is 0 Å². The molecule has 6 nitrogen and oxygen atoms in total. The maximum Gasteiger partial charge on any atom is 0.290 e. The van der Waals surface area contributed by atoms with Crippen molar-refractivity contribution in [3.8, 4) is 0 Å². The zero-order valence-electron chi connectivity index (χ0n) is 15.9. The third-order valence-corrected chi connectivity index (χ3v) is 6.54. The molecular formula is C20H30N2O4S. The van der Waals surface area contributed by atoms with E-state index in [-0.39, 0.29) is 24.5 Å². The summed E-state index contributed by atoms with van der Waals surface area (Å²) in [6.07, 6.45) is 5.01. The molecule has 1 aromatic heterocycles. The molecule has 3 fully saturated rings. The number of likely N-dealkylation sites (tertiary alicyclic amines) is 1. The molecule has 2 aliphatic carbocycles. The lowest BCUT2D eigenvalue weighted by atomic mass is 9.77. The Kier molecular flexibility index (Phi) is 7.26. The summed E-state index contributed by atoms with van der Waals surface area (Å²) in [4.78, 5) is 22.6. The van der Waals surface area contributed by atoms with Gasteiger partial charge in [-0.25, -0.2) is 0 Å². The number of rotatable bonds is 6. The van der Waals surface area contributed by atoms with Crippen molar-refractivity contribution in [2.45, 2.75) is 51.3 Å². The molecule has 0 unspecified atom stereocenters. The molecule has 2 N–H and O–H groups in total. The van der Waals surface area contributed by atoms with Crippen LogP contribution in [0.15, 0.2) is 16.8 Å². The first-order valence-corrected chi connectivity index (χ1v) is 10.7. The average molecular weight is 395 g/mol. The molecule has 2 heterocycles. The maximum atomic E-state index is 11.6. The summed E-state index contributed by atoms with van der Waals surface area (Å²) in [7, 11) is 0. The van der Waals surface area contributed by atoms with Crippen molar-refractivity contribution in [1.29, 1.82) is 0 Å². The van der Waals surface area contributed by atoms with Crippen LogP contribution >= 0.6 is 11.3 Å². The predicted octanol–water partition coefficient (Wildman–Crippen LogP) is 2.59. The monoisotopic (exact) mass is 394 g/mol. The molecule has 4 rings (SSSR count). The van der Waals surface area contributed by atoms with E-state index in [4.69, 9.17) is 14.6 Å². The second kappa shape index (κ2) is 9.66. The van der Waals surface area contributed by atoms with E-state index >= 15 is 0 Å². The summed E-state index contributed by atoms with van der Waals surface area (Å²) < 4.78 is 6.24. The first-order chi connectivity index (χ1) is 13.1. The van der Waals surface area contributed by atoms with Crippen molar-refractivity contribution in [2.24, 2.45) is 17.8 Å². The van der Waals surface area contributed by atoms with E-state index in [0.29, 0.717) is 5.92 Å². The molecule has 3 aliphatic rings. The van der Waals surface area contributed by atoms with Crippen molar-refractivity contribution in [3.05, 3.63) is 22.4 Å². The lowest BCUT2D eigenvalue weighted by molar-refractivity contribution is -0.123. The quantitative estimate of drug-likeness (QED) is 0.725. The lowest BCUT2D eigenvalue weighted by Gasteiger charge is -2.38. The zero-order valence-corrected chi connectivity index (χ0v) is 16.7. The minimum absolute atomic E-state index is 0.0756. The minimum Gasteiger partial charge on any atom is -0.483 e. The molecule has 7 heteroatoms. The summed E-state index contributed by atoms with van der Waals surface area (Å²) in [5.74, 6) is 2.27. The highest BCUT2D eigenvalue weighted by Gasteiger charge is 2.43. The molecule has 1 saturated heterocycles. The number of carbonyl (C=O) groups excluding carboxylic acids is 1. The first-order valence-electron chi connectivity index (χ1n) is 9.79. The number of nitrogens with zero attached hydrogens (tertiary/aromatic N) is 1. The normalized spacial score (nSPS) is 30.1. The molecule has 0 aromatic carbocycles. The lowest BCUT2D eigenvalue weighted by Crippen LogP contribution is -2.50. The highest BCUT2D eigenvalue weighted by Crippen LogP contribution is 2.39. The summed E-state index contributed by atoms with van der Waals surface area (Å²) in [6.45, 7) is 5.66. The van der Waals surface area contributed by atoms with Crippen LogP contribution in [0.1, 0.15) is 38.2 Å². The van der Waals surface area contributed by atoms with Gasteiger partial charge in [-0.2, -0.15) is 11.3 Å². The summed E-state index contributed by atoms with van der Waals surface area (Å²) in [6, 6.07) is 2.43. The Morgan fingerprint density at radius 3 is 2.67 bits per heavy atom. The molecule has 0 bridgehead atoms. The van der Waals surface area contributed by atoms with Crippen LogP contribution in [-0.2, 0) is 20.9 Å².